The largest absolute Gasteiger partial charge is 0.376 e. The molecule has 0 aliphatic heterocycles. The molecular formula is C17H29NOS. The van der Waals surface area contributed by atoms with E-state index in [1.807, 2.05) is 18.4 Å². The van der Waals surface area contributed by atoms with Crippen molar-refractivity contribution in [2.24, 2.45) is 5.92 Å². The number of hydrogen-bond donors (Lipinski definition) is 1. The highest BCUT2D eigenvalue weighted by Crippen LogP contribution is 2.44. The van der Waals surface area contributed by atoms with Crippen LogP contribution in [0.4, 0.5) is 0 Å². The van der Waals surface area contributed by atoms with Crippen LogP contribution < -0.4 is 5.32 Å². The maximum Gasteiger partial charge on any atom is 0.0873 e. The number of thiophene rings is 1. The molecule has 0 spiro atoms. The molecule has 2 nitrogen and oxygen atoms in total. The molecule has 1 fully saturated rings. The average Bonchev–Trinajstić information content (AvgIpc) is 2.88. The maximum atomic E-state index is 6.11. The third kappa shape index (κ3) is 3.26. The van der Waals surface area contributed by atoms with Gasteiger partial charge in [0.05, 0.1) is 11.6 Å². The third-order valence-electron chi connectivity index (χ3n) is 4.86. The summed E-state index contributed by atoms with van der Waals surface area (Å²) in [5.41, 5.74) is 1.42. The summed E-state index contributed by atoms with van der Waals surface area (Å²) in [6.45, 7) is 7.88. The van der Waals surface area contributed by atoms with E-state index >= 15 is 0 Å². The van der Waals surface area contributed by atoms with E-state index in [0.717, 1.165) is 18.9 Å². The van der Waals surface area contributed by atoms with Crippen LogP contribution in [0.5, 0.6) is 0 Å². The smallest absolute Gasteiger partial charge is 0.0873 e. The van der Waals surface area contributed by atoms with Gasteiger partial charge in [0.2, 0.25) is 0 Å². The van der Waals surface area contributed by atoms with Crippen molar-refractivity contribution in [3.8, 4) is 0 Å². The van der Waals surface area contributed by atoms with Gasteiger partial charge in [-0.25, -0.2) is 0 Å². The van der Waals surface area contributed by atoms with Crippen molar-refractivity contribution in [2.45, 2.75) is 64.5 Å². The highest BCUT2D eigenvalue weighted by molar-refractivity contribution is 7.10. The molecule has 1 N–H and O–H groups in total. The summed E-state index contributed by atoms with van der Waals surface area (Å²) in [5.74, 6) is 0.841. The second-order valence-corrected chi connectivity index (χ2v) is 7.39. The second-order valence-electron chi connectivity index (χ2n) is 6.27. The molecule has 1 aliphatic carbocycles. The van der Waals surface area contributed by atoms with Crippen LogP contribution in [0.2, 0.25) is 0 Å². The Morgan fingerprint density at radius 1 is 1.45 bits per heavy atom. The molecule has 3 heteroatoms. The van der Waals surface area contributed by atoms with Crippen molar-refractivity contribution in [1.29, 1.82) is 0 Å². The fourth-order valence-corrected chi connectivity index (χ4v) is 4.16. The Morgan fingerprint density at radius 3 is 2.65 bits per heavy atom. The minimum atomic E-state index is -0.0203. The zero-order chi connectivity index (χ0) is 14.6. The van der Waals surface area contributed by atoms with E-state index in [-0.39, 0.29) is 5.60 Å². The molecule has 1 aromatic rings. The predicted octanol–water partition coefficient (Wildman–Crippen LogP) is 4.69. The third-order valence-corrected chi connectivity index (χ3v) is 5.72. The van der Waals surface area contributed by atoms with Crippen LogP contribution in [-0.2, 0) is 4.74 Å². The zero-order valence-corrected chi connectivity index (χ0v) is 14.2. The molecule has 114 valence electrons. The minimum absolute atomic E-state index is 0.0203. The minimum Gasteiger partial charge on any atom is -0.376 e. The fraction of sp³-hybridized carbons (Fsp3) is 0.765. The van der Waals surface area contributed by atoms with Gasteiger partial charge in [-0.05, 0) is 68.5 Å². The monoisotopic (exact) mass is 295 g/mol. The Bertz CT molecular complexity index is 407. The van der Waals surface area contributed by atoms with E-state index in [4.69, 9.17) is 4.74 Å². The van der Waals surface area contributed by atoms with E-state index < -0.39 is 0 Å². The lowest BCUT2D eigenvalue weighted by Gasteiger charge is -2.44. The molecule has 1 heterocycles. The van der Waals surface area contributed by atoms with Crippen molar-refractivity contribution < 1.29 is 4.74 Å². The first-order valence-corrected chi connectivity index (χ1v) is 8.83. The molecule has 1 saturated carbocycles. The summed E-state index contributed by atoms with van der Waals surface area (Å²) in [7, 11) is 1.90. The van der Waals surface area contributed by atoms with Crippen LogP contribution in [0, 0.1) is 12.8 Å². The van der Waals surface area contributed by atoms with E-state index in [1.54, 1.807) is 0 Å². The van der Waals surface area contributed by atoms with Gasteiger partial charge in [0.25, 0.3) is 0 Å². The number of methoxy groups -OCH3 is 1. The van der Waals surface area contributed by atoms with Crippen LogP contribution in [0.3, 0.4) is 0 Å². The predicted molar refractivity (Wildman–Crippen MR) is 87.5 cm³/mol. The lowest BCUT2D eigenvalue weighted by atomic mass is 9.73. The number of aryl methyl sites for hydroxylation is 1. The van der Waals surface area contributed by atoms with Gasteiger partial charge >= 0.3 is 0 Å². The molecule has 1 aliphatic rings. The maximum absolute atomic E-state index is 6.11. The van der Waals surface area contributed by atoms with Gasteiger partial charge in [0, 0.05) is 12.0 Å². The summed E-state index contributed by atoms with van der Waals surface area (Å²) < 4.78 is 6.11. The molecule has 0 radical (unpaired) electrons. The van der Waals surface area contributed by atoms with Gasteiger partial charge in [-0.1, -0.05) is 13.8 Å². The highest BCUT2D eigenvalue weighted by atomic mass is 32.1. The molecule has 0 saturated heterocycles. The Hall–Kier alpha value is -0.380. The Kier molecular flexibility index (Phi) is 5.65. The fourth-order valence-electron chi connectivity index (χ4n) is 3.42. The lowest BCUT2D eigenvalue weighted by Crippen LogP contribution is -2.48. The van der Waals surface area contributed by atoms with Crippen molar-refractivity contribution in [3.05, 3.63) is 21.9 Å². The summed E-state index contributed by atoms with van der Waals surface area (Å²) >= 11 is 1.84. The first-order valence-electron chi connectivity index (χ1n) is 7.95. The first-order chi connectivity index (χ1) is 9.63. The normalized spacial score (nSPS) is 28.5. The van der Waals surface area contributed by atoms with E-state index in [0.29, 0.717) is 6.04 Å². The van der Waals surface area contributed by atoms with Crippen molar-refractivity contribution in [2.75, 3.05) is 13.7 Å². The van der Waals surface area contributed by atoms with Crippen LogP contribution >= 0.6 is 11.3 Å². The number of ether oxygens (including phenoxy) is 1. The van der Waals surface area contributed by atoms with Crippen molar-refractivity contribution in [1.82, 2.24) is 5.32 Å². The first kappa shape index (κ1) is 16.0. The van der Waals surface area contributed by atoms with E-state index in [1.165, 1.54) is 36.1 Å². The van der Waals surface area contributed by atoms with Crippen LogP contribution in [-0.4, -0.2) is 19.3 Å². The molecular weight excluding hydrogens is 266 g/mol. The van der Waals surface area contributed by atoms with Gasteiger partial charge in [-0.15, -0.1) is 11.3 Å². The summed E-state index contributed by atoms with van der Waals surface area (Å²) in [6, 6.07) is 2.62. The summed E-state index contributed by atoms with van der Waals surface area (Å²) in [4.78, 5) is 1.42. The number of nitrogens with one attached hydrogen (secondary N) is 1. The Morgan fingerprint density at radius 2 is 2.15 bits per heavy atom. The molecule has 1 atom stereocenters. The molecule has 0 amide bonds. The van der Waals surface area contributed by atoms with E-state index in [9.17, 15) is 0 Å². The van der Waals surface area contributed by atoms with Crippen molar-refractivity contribution in [3.63, 3.8) is 0 Å². The molecule has 1 unspecified atom stereocenters. The van der Waals surface area contributed by atoms with Gasteiger partial charge in [0.15, 0.2) is 0 Å². The van der Waals surface area contributed by atoms with Crippen LogP contribution in [0.15, 0.2) is 11.4 Å². The second kappa shape index (κ2) is 7.06. The molecule has 2 rings (SSSR count). The molecule has 0 aromatic carbocycles. The van der Waals surface area contributed by atoms with Crippen LogP contribution in [0.1, 0.15) is 62.4 Å². The van der Waals surface area contributed by atoms with Gasteiger partial charge in [0.1, 0.15) is 0 Å². The Labute approximate surface area is 127 Å². The molecule has 20 heavy (non-hydrogen) atoms. The lowest BCUT2D eigenvalue weighted by molar-refractivity contribution is -0.0760. The summed E-state index contributed by atoms with van der Waals surface area (Å²) in [5, 5.41) is 5.98. The van der Waals surface area contributed by atoms with Crippen molar-refractivity contribution >= 4 is 11.3 Å². The topological polar surface area (TPSA) is 21.3 Å². The van der Waals surface area contributed by atoms with Crippen LogP contribution in [0.25, 0.3) is 0 Å². The number of rotatable bonds is 6. The highest BCUT2D eigenvalue weighted by Gasteiger charge is 2.42. The zero-order valence-electron chi connectivity index (χ0n) is 13.4. The Balaban J connectivity index is 2.26. The average molecular weight is 295 g/mol. The molecule has 0 bridgehead atoms. The standard InChI is InChI=1S/C17H29NOS/c1-5-11-18-16(15-8-12-20-14(15)3)17(19-4)9-6-13(2)7-10-17/h8,12-13,16,18H,5-7,9-11H2,1-4H3. The molecule has 1 aromatic heterocycles. The quantitative estimate of drug-likeness (QED) is 0.822. The van der Waals surface area contributed by atoms with Gasteiger partial charge < -0.3 is 10.1 Å². The van der Waals surface area contributed by atoms with Gasteiger partial charge in [-0.3, -0.25) is 0 Å². The summed E-state index contributed by atoms with van der Waals surface area (Å²) in [6.07, 6.45) is 6.06. The SMILES string of the molecule is CCCNC(c1ccsc1C)C1(OC)CCC(C)CC1. The van der Waals surface area contributed by atoms with Gasteiger partial charge in [-0.2, -0.15) is 0 Å². The van der Waals surface area contributed by atoms with E-state index in [2.05, 4.69) is 37.5 Å². The number of hydrogen-bond acceptors (Lipinski definition) is 3.